The van der Waals surface area contributed by atoms with Gasteiger partial charge in [0, 0.05) is 18.8 Å². The molecule has 39 heavy (non-hydrogen) atoms. The zero-order valence-electron chi connectivity index (χ0n) is 20.5. The summed E-state index contributed by atoms with van der Waals surface area (Å²) in [4.78, 5) is 36.1. The van der Waals surface area contributed by atoms with Gasteiger partial charge in [-0.3, -0.25) is 4.79 Å². The number of hydrogen-bond donors (Lipinski definition) is 3. The SMILES string of the molecule is O=C(O)COc1c(C(=O)O)sc(-c2cccc(NC(=O)C3CCCN(S(=O)(=O)Cc4ccccc4)C3)c2)c1Br. The Kier molecular flexibility index (Phi) is 9.05. The predicted molar refractivity (Wildman–Crippen MR) is 150 cm³/mol. The number of piperidine rings is 1. The number of carboxylic acids is 2. The van der Waals surface area contributed by atoms with Gasteiger partial charge in [0.1, 0.15) is 0 Å². The third kappa shape index (κ3) is 7.04. The fraction of sp³-hybridized carbons (Fsp3) is 0.269. The third-order valence-electron chi connectivity index (χ3n) is 6.08. The van der Waals surface area contributed by atoms with Gasteiger partial charge in [0.15, 0.2) is 17.2 Å². The number of aromatic carboxylic acids is 1. The highest BCUT2D eigenvalue weighted by Gasteiger charge is 2.32. The summed E-state index contributed by atoms with van der Waals surface area (Å²) in [5.74, 6) is -3.56. The predicted octanol–water partition coefficient (Wildman–Crippen LogP) is 4.52. The van der Waals surface area contributed by atoms with Gasteiger partial charge in [-0.2, -0.15) is 0 Å². The second-order valence-corrected chi connectivity index (χ2v) is 12.7. The van der Waals surface area contributed by atoms with E-state index in [9.17, 15) is 27.9 Å². The number of amides is 1. The van der Waals surface area contributed by atoms with Crippen molar-refractivity contribution in [1.82, 2.24) is 4.31 Å². The van der Waals surface area contributed by atoms with Crippen molar-refractivity contribution in [1.29, 1.82) is 0 Å². The molecule has 0 aliphatic carbocycles. The van der Waals surface area contributed by atoms with Crippen molar-refractivity contribution < 1.29 is 37.8 Å². The minimum absolute atomic E-state index is 0.0849. The molecule has 13 heteroatoms. The van der Waals surface area contributed by atoms with Crippen molar-refractivity contribution in [3.63, 3.8) is 0 Å². The normalized spacial score (nSPS) is 16.0. The summed E-state index contributed by atoms with van der Waals surface area (Å²) < 4.78 is 32.8. The summed E-state index contributed by atoms with van der Waals surface area (Å²) in [5, 5.41) is 21.3. The number of thiophene rings is 1. The lowest BCUT2D eigenvalue weighted by Gasteiger charge is -2.31. The molecule has 1 amide bonds. The van der Waals surface area contributed by atoms with Crippen LogP contribution >= 0.6 is 27.3 Å². The van der Waals surface area contributed by atoms with Crippen LogP contribution in [0.3, 0.4) is 0 Å². The molecule has 3 N–H and O–H groups in total. The van der Waals surface area contributed by atoms with Gasteiger partial charge in [-0.25, -0.2) is 22.3 Å². The van der Waals surface area contributed by atoms with Crippen LogP contribution in [0.25, 0.3) is 10.4 Å². The van der Waals surface area contributed by atoms with Crippen molar-refractivity contribution >= 4 is 60.8 Å². The maximum atomic E-state index is 13.1. The van der Waals surface area contributed by atoms with Crippen LogP contribution in [0.4, 0.5) is 5.69 Å². The summed E-state index contributed by atoms with van der Waals surface area (Å²) in [6.07, 6.45) is 1.11. The second kappa shape index (κ2) is 12.3. The van der Waals surface area contributed by atoms with Gasteiger partial charge >= 0.3 is 11.9 Å². The smallest absolute Gasteiger partial charge is 0.349 e. The first kappa shape index (κ1) is 28.7. The summed E-state index contributed by atoms with van der Waals surface area (Å²) in [6.45, 7) is -0.257. The van der Waals surface area contributed by atoms with E-state index in [1.807, 2.05) is 6.07 Å². The number of hydrogen-bond acceptors (Lipinski definition) is 7. The Balaban J connectivity index is 1.48. The van der Waals surface area contributed by atoms with E-state index in [2.05, 4.69) is 21.2 Å². The van der Waals surface area contributed by atoms with Crippen LogP contribution in [0.5, 0.6) is 5.75 Å². The molecule has 1 saturated heterocycles. The van der Waals surface area contributed by atoms with Crippen LogP contribution in [0.2, 0.25) is 0 Å². The van der Waals surface area contributed by atoms with Gasteiger partial charge in [0.2, 0.25) is 15.9 Å². The molecule has 2 heterocycles. The highest BCUT2D eigenvalue weighted by Crippen LogP contribution is 2.46. The maximum absolute atomic E-state index is 13.1. The van der Waals surface area contributed by atoms with Crippen LogP contribution in [-0.2, 0) is 25.4 Å². The van der Waals surface area contributed by atoms with Crippen LogP contribution in [0.1, 0.15) is 28.1 Å². The highest BCUT2D eigenvalue weighted by molar-refractivity contribution is 9.10. The summed E-state index contributed by atoms with van der Waals surface area (Å²) >= 11 is 4.23. The van der Waals surface area contributed by atoms with Crippen molar-refractivity contribution in [2.24, 2.45) is 5.92 Å². The van der Waals surface area contributed by atoms with Gasteiger partial charge in [0.05, 0.1) is 21.0 Å². The van der Waals surface area contributed by atoms with E-state index < -0.39 is 34.5 Å². The zero-order chi connectivity index (χ0) is 28.2. The van der Waals surface area contributed by atoms with Crippen LogP contribution < -0.4 is 10.1 Å². The standard InChI is InChI=1S/C26H25BrN2O8S2/c27-21-22(37-14-20(30)31)24(26(33)34)38-23(21)17-8-4-10-19(12-17)28-25(32)18-9-5-11-29(13-18)39(35,36)15-16-6-2-1-3-7-16/h1-4,6-8,10,12,18H,5,9,11,13-15H2,(H,28,32)(H,30,31)(H,33,34). The number of anilines is 1. The quantitative estimate of drug-likeness (QED) is 0.294. The molecule has 0 saturated carbocycles. The summed E-state index contributed by atoms with van der Waals surface area (Å²) in [7, 11) is -3.59. The minimum Gasteiger partial charge on any atom is -0.479 e. The molecule has 1 aliphatic heterocycles. The van der Waals surface area contributed by atoms with Crippen molar-refractivity contribution in [3.05, 3.63) is 69.5 Å². The third-order valence-corrected chi connectivity index (χ3v) is 10.1. The number of ether oxygens (including phenoxy) is 1. The molecule has 0 bridgehead atoms. The van der Waals surface area contributed by atoms with E-state index >= 15 is 0 Å². The number of sulfonamides is 1. The molecule has 10 nitrogen and oxygen atoms in total. The number of carbonyl (C=O) groups excluding carboxylic acids is 1. The molecule has 206 valence electrons. The fourth-order valence-corrected chi connectivity index (χ4v) is 7.75. The Hall–Kier alpha value is -3.26. The summed E-state index contributed by atoms with van der Waals surface area (Å²) in [6, 6.07) is 15.6. The topological polar surface area (TPSA) is 150 Å². The van der Waals surface area contributed by atoms with E-state index in [-0.39, 0.29) is 28.8 Å². The number of carboxylic acid groups (broad SMARTS) is 2. The van der Waals surface area contributed by atoms with Crippen molar-refractivity contribution in [2.75, 3.05) is 25.0 Å². The monoisotopic (exact) mass is 636 g/mol. The van der Waals surface area contributed by atoms with Crippen LogP contribution in [-0.4, -0.2) is 60.5 Å². The number of halogens is 1. The lowest BCUT2D eigenvalue weighted by molar-refractivity contribution is -0.139. The van der Waals surface area contributed by atoms with Gasteiger partial charge in [-0.15, -0.1) is 11.3 Å². The average molecular weight is 638 g/mol. The first-order chi connectivity index (χ1) is 18.5. The van der Waals surface area contributed by atoms with E-state index in [4.69, 9.17) is 9.84 Å². The molecule has 1 atom stereocenters. The molecule has 0 spiro atoms. The average Bonchev–Trinajstić information content (AvgIpc) is 3.24. The Morgan fingerprint density at radius 1 is 1.10 bits per heavy atom. The molecular formula is C26H25BrN2O8S2. The van der Waals surface area contributed by atoms with Crippen molar-refractivity contribution in [2.45, 2.75) is 18.6 Å². The lowest BCUT2D eigenvalue weighted by Crippen LogP contribution is -2.44. The molecule has 1 fully saturated rings. The number of rotatable bonds is 10. The summed E-state index contributed by atoms with van der Waals surface area (Å²) in [5.41, 5.74) is 1.71. The number of benzene rings is 2. The molecule has 4 rings (SSSR count). The Bertz CT molecular complexity index is 1490. The lowest BCUT2D eigenvalue weighted by atomic mass is 9.98. The molecule has 1 unspecified atom stereocenters. The van der Waals surface area contributed by atoms with Gasteiger partial charge in [-0.05, 0) is 52.0 Å². The van der Waals surface area contributed by atoms with E-state index in [0.29, 0.717) is 45.6 Å². The number of aliphatic carboxylic acids is 1. The van der Waals surface area contributed by atoms with Crippen LogP contribution in [0.15, 0.2) is 59.1 Å². The van der Waals surface area contributed by atoms with Gasteiger partial charge < -0.3 is 20.3 Å². The number of nitrogens with one attached hydrogen (secondary N) is 1. The molecule has 2 aromatic carbocycles. The van der Waals surface area contributed by atoms with Crippen LogP contribution in [0, 0.1) is 5.92 Å². The van der Waals surface area contributed by atoms with Gasteiger partial charge in [-0.1, -0.05) is 42.5 Å². The zero-order valence-corrected chi connectivity index (χ0v) is 23.7. The fourth-order valence-electron chi connectivity index (χ4n) is 4.25. The first-order valence-electron chi connectivity index (χ1n) is 11.9. The van der Waals surface area contributed by atoms with E-state index in [0.717, 1.165) is 11.3 Å². The van der Waals surface area contributed by atoms with E-state index in [1.54, 1.807) is 48.5 Å². The minimum atomic E-state index is -3.59. The molecule has 1 aromatic heterocycles. The van der Waals surface area contributed by atoms with Gasteiger partial charge in [0.25, 0.3) is 0 Å². The molecule has 1 aliphatic rings. The molecular weight excluding hydrogens is 612 g/mol. The Morgan fingerprint density at radius 3 is 2.54 bits per heavy atom. The number of nitrogens with zero attached hydrogens (tertiary/aromatic N) is 1. The first-order valence-corrected chi connectivity index (χ1v) is 15.1. The second-order valence-electron chi connectivity index (χ2n) is 8.90. The maximum Gasteiger partial charge on any atom is 0.349 e. The molecule has 0 radical (unpaired) electrons. The Labute approximate surface area is 237 Å². The van der Waals surface area contributed by atoms with E-state index in [1.165, 1.54) is 4.31 Å². The highest BCUT2D eigenvalue weighted by atomic mass is 79.9. The Morgan fingerprint density at radius 2 is 1.85 bits per heavy atom. The van der Waals surface area contributed by atoms with Crippen molar-refractivity contribution in [3.8, 4) is 16.2 Å². The largest absolute Gasteiger partial charge is 0.479 e. The molecule has 3 aromatic rings. The number of carbonyl (C=O) groups is 3.